The van der Waals surface area contributed by atoms with E-state index in [1.54, 1.807) is 0 Å². The Bertz CT molecular complexity index is 2650. The zero-order chi connectivity index (χ0) is 41.2. The number of allylic oxidation sites excluding steroid dienone is 9. The van der Waals surface area contributed by atoms with Crippen LogP contribution in [0.3, 0.4) is 0 Å². The van der Waals surface area contributed by atoms with Gasteiger partial charge in [-0.25, -0.2) is 0 Å². The van der Waals surface area contributed by atoms with Crippen molar-refractivity contribution in [3.63, 3.8) is 0 Å². The van der Waals surface area contributed by atoms with Crippen molar-refractivity contribution in [2.45, 2.75) is 59.7 Å². The largest absolute Gasteiger partial charge is 0.339 e. The Balaban J connectivity index is 1.39. The van der Waals surface area contributed by atoms with Gasteiger partial charge in [0.25, 0.3) is 0 Å². The molecule has 2 unspecified atom stereocenters. The normalized spacial score (nSPS) is 22.3. The molecule has 0 saturated heterocycles. The predicted molar refractivity (Wildman–Crippen MR) is 258 cm³/mol. The van der Waals surface area contributed by atoms with Gasteiger partial charge in [0.2, 0.25) is 0 Å². The van der Waals surface area contributed by atoms with Crippen LogP contribution in [0.15, 0.2) is 238 Å². The van der Waals surface area contributed by atoms with E-state index in [1.807, 2.05) is 0 Å². The molecular formula is C56H53N3S. The third-order valence-electron chi connectivity index (χ3n) is 12.3. The second-order valence-corrected chi connectivity index (χ2v) is 18.9. The van der Waals surface area contributed by atoms with Gasteiger partial charge < -0.3 is 14.7 Å². The van der Waals surface area contributed by atoms with Crippen molar-refractivity contribution in [1.82, 2.24) is 0 Å². The molecule has 3 nitrogen and oxygen atoms in total. The van der Waals surface area contributed by atoms with Gasteiger partial charge in [-0.05, 0) is 116 Å². The number of rotatable bonds is 6. The fraction of sp³-hybridized carbons (Fsp3) is 0.143. The SMILES string of the molecule is C=C1/C=C\C=C/CN(c2ccc3c(c2)S(c2ccccc2)(c2ccccc2)c2cc(N4/C(CC)=C(/C)C(C)/C=C\C=C/C4C)ccc2N3c2ccccc2)c2ccccc21. The molecule has 6 aromatic rings. The zero-order valence-electron chi connectivity index (χ0n) is 35.1. The molecule has 3 aliphatic heterocycles. The van der Waals surface area contributed by atoms with Crippen LogP contribution in [0.25, 0.3) is 5.57 Å². The van der Waals surface area contributed by atoms with E-state index in [2.05, 4.69) is 249 Å². The molecule has 0 aromatic heterocycles. The van der Waals surface area contributed by atoms with E-state index in [0.717, 1.165) is 34.6 Å². The van der Waals surface area contributed by atoms with Crippen LogP contribution < -0.4 is 14.7 Å². The van der Waals surface area contributed by atoms with E-state index in [-0.39, 0.29) is 6.04 Å². The topological polar surface area (TPSA) is 9.72 Å². The summed E-state index contributed by atoms with van der Waals surface area (Å²) in [6.45, 7) is 14.5. The van der Waals surface area contributed by atoms with Gasteiger partial charge in [0.15, 0.2) is 0 Å². The number of hydrogen-bond acceptors (Lipinski definition) is 3. The zero-order valence-corrected chi connectivity index (χ0v) is 35.9. The Morgan fingerprint density at radius 3 is 1.85 bits per heavy atom. The van der Waals surface area contributed by atoms with Crippen molar-refractivity contribution < 1.29 is 0 Å². The van der Waals surface area contributed by atoms with Gasteiger partial charge >= 0.3 is 0 Å². The minimum Gasteiger partial charge on any atom is -0.339 e. The monoisotopic (exact) mass is 799 g/mol. The molecule has 0 N–H and O–H groups in total. The van der Waals surface area contributed by atoms with Crippen molar-refractivity contribution in [3.05, 3.63) is 224 Å². The quantitative estimate of drug-likeness (QED) is 0.166. The van der Waals surface area contributed by atoms with Crippen LogP contribution in [0.2, 0.25) is 0 Å². The van der Waals surface area contributed by atoms with Crippen molar-refractivity contribution in [3.8, 4) is 0 Å². The molecule has 0 aliphatic carbocycles. The van der Waals surface area contributed by atoms with E-state index in [0.29, 0.717) is 12.5 Å². The van der Waals surface area contributed by atoms with Gasteiger partial charge in [0.05, 0.1) is 11.4 Å². The first kappa shape index (κ1) is 39.0. The van der Waals surface area contributed by atoms with Gasteiger partial charge in [-0.3, -0.25) is 0 Å². The summed E-state index contributed by atoms with van der Waals surface area (Å²) in [7, 11) is -2.13. The van der Waals surface area contributed by atoms with Crippen LogP contribution in [0.4, 0.5) is 34.1 Å². The number of nitrogens with zero attached hydrogens (tertiary/aromatic N) is 3. The molecule has 3 heterocycles. The average Bonchev–Trinajstić information content (AvgIpc) is 3.41. The highest BCUT2D eigenvalue weighted by Crippen LogP contribution is 2.80. The van der Waals surface area contributed by atoms with Crippen LogP contribution in [0.1, 0.15) is 39.7 Å². The minimum absolute atomic E-state index is 0.141. The molecule has 0 spiro atoms. The van der Waals surface area contributed by atoms with Crippen molar-refractivity contribution in [1.29, 1.82) is 0 Å². The summed E-state index contributed by atoms with van der Waals surface area (Å²) in [6, 6.07) is 56.9. The number of para-hydroxylation sites is 2. The first-order valence-corrected chi connectivity index (χ1v) is 22.8. The number of benzene rings is 6. The Labute approximate surface area is 358 Å². The molecule has 0 fully saturated rings. The van der Waals surface area contributed by atoms with E-state index >= 15 is 0 Å². The molecule has 0 saturated carbocycles. The van der Waals surface area contributed by atoms with E-state index in [4.69, 9.17) is 0 Å². The molecule has 0 radical (unpaired) electrons. The summed E-state index contributed by atoms with van der Waals surface area (Å²) in [4.78, 5) is 12.8. The molecule has 4 heteroatoms. The molecule has 0 amide bonds. The summed E-state index contributed by atoms with van der Waals surface area (Å²) >= 11 is 0. The standard InChI is InChI=1S/C56H53N3S/c1-6-51-44(5)41(2)23-18-19-25-43(4)58(51)47-35-37-54-56(40-47)60(48-28-14-8-15-29-48,49-30-16-9-17-31-49)55-39-46(34-36-53(55)59(54)45-26-12-7-13-27-45)57-38-22-10-11-24-42(3)50-32-20-21-33-52(50)57/h7-37,39-41,43H,3,6,38H2,1-2,4-5H3/b22-10-,23-18-,24-11-,25-19-,51-44-. The smallest absolute Gasteiger partial charge is 0.0594 e. The second-order valence-electron chi connectivity index (χ2n) is 15.8. The van der Waals surface area contributed by atoms with Crippen LogP contribution in [0.5, 0.6) is 0 Å². The fourth-order valence-electron chi connectivity index (χ4n) is 9.23. The van der Waals surface area contributed by atoms with Crippen molar-refractivity contribution >= 4 is 49.7 Å². The number of hydrogen-bond donors (Lipinski definition) is 0. The lowest BCUT2D eigenvalue weighted by molar-refractivity contribution is 0.745. The third kappa shape index (κ3) is 6.75. The van der Waals surface area contributed by atoms with E-state index < -0.39 is 10.0 Å². The Morgan fingerprint density at radius 2 is 1.18 bits per heavy atom. The molecule has 6 aromatic carbocycles. The molecule has 9 rings (SSSR count). The van der Waals surface area contributed by atoms with Crippen LogP contribution in [-0.2, 0) is 0 Å². The highest BCUT2D eigenvalue weighted by atomic mass is 32.3. The lowest BCUT2D eigenvalue weighted by atomic mass is 9.97. The second kappa shape index (κ2) is 16.6. The van der Waals surface area contributed by atoms with Gasteiger partial charge in [-0.2, -0.15) is 0 Å². The van der Waals surface area contributed by atoms with Gasteiger partial charge in [0, 0.05) is 66.2 Å². The first-order valence-electron chi connectivity index (χ1n) is 21.2. The highest BCUT2D eigenvalue weighted by molar-refractivity contribution is 8.34. The molecule has 0 bridgehead atoms. The maximum atomic E-state index is 4.49. The van der Waals surface area contributed by atoms with Gasteiger partial charge in [-0.15, -0.1) is 10.0 Å². The van der Waals surface area contributed by atoms with Crippen molar-refractivity contribution in [2.24, 2.45) is 5.92 Å². The third-order valence-corrected chi connectivity index (χ3v) is 16.2. The summed E-state index contributed by atoms with van der Waals surface area (Å²) < 4.78 is 0. The van der Waals surface area contributed by atoms with E-state index in [9.17, 15) is 0 Å². The lowest BCUT2D eigenvalue weighted by Gasteiger charge is -2.50. The Hall–Kier alpha value is -6.49. The number of anilines is 6. The summed E-state index contributed by atoms with van der Waals surface area (Å²) in [5, 5.41) is 0. The lowest BCUT2D eigenvalue weighted by Crippen LogP contribution is -2.32. The maximum absolute atomic E-state index is 4.49. The summed E-state index contributed by atoms with van der Waals surface area (Å²) in [5.74, 6) is 0.327. The summed E-state index contributed by atoms with van der Waals surface area (Å²) in [6.07, 6.45) is 18.6. The molecule has 2 atom stereocenters. The highest BCUT2D eigenvalue weighted by Gasteiger charge is 2.44. The van der Waals surface area contributed by atoms with Gasteiger partial charge in [0.1, 0.15) is 0 Å². The summed E-state index contributed by atoms with van der Waals surface area (Å²) in [5.41, 5.74) is 11.9. The van der Waals surface area contributed by atoms with Gasteiger partial charge in [-0.1, -0.05) is 142 Å². The van der Waals surface area contributed by atoms with E-state index in [1.165, 1.54) is 47.9 Å². The molecular weight excluding hydrogens is 747 g/mol. The van der Waals surface area contributed by atoms with Crippen LogP contribution in [0, 0.1) is 5.92 Å². The molecule has 60 heavy (non-hydrogen) atoms. The number of fused-ring (bicyclic) bond motifs is 3. The maximum Gasteiger partial charge on any atom is 0.0594 e. The molecule has 298 valence electrons. The average molecular weight is 800 g/mol. The van der Waals surface area contributed by atoms with Crippen LogP contribution in [-0.4, -0.2) is 12.6 Å². The Morgan fingerprint density at radius 1 is 0.600 bits per heavy atom. The van der Waals surface area contributed by atoms with Crippen molar-refractivity contribution in [2.75, 3.05) is 21.2 Å². The predicted octanol–water partition coefficient (Wildman–Crippen LogP) is 15.7. The van der Waals surface area contributed by atoms with Crippen LogP contribution >= 0.6 is 10.0 Å². The molecule has 3 aliphatic rings. The minimum atomic E-state index is -2.13. The first-order chi connectivity index (χ1) is 29.4. The fourth-order valence-corrected chi connectivity index (χ4v) is 13.4. The Kier molecular flexibility index (Phi) is 10.8.